The summed E-state index contributed by atoms with van der Waals surface area (Å²) < 4.78 is 6.71. The van der Waals surface area contributed by atoms with E-state index in [1.807, 2.05) is 0 Å². The molecule has 10 rings (SSSR count). The zero-order valence-corrected chi connectivity index (χ0v) is 31.2. The number of nitrogens with zero attached hydrogens (tertiary/aromatic N) is 1. The Balaban J connectivity index is 1.18. The van der Waals surface area contributed by atoms with Crippen LogP contribution >= 0.6 is 0 Å². The summed E-state index contributed by atoms with van der Waals surface area (Å²) >= 11 is 0. The van der Waals surface area contributed by atoms with Gasteiger partial charge in [0.2, 0.25) is 0 Å². The second kappa shape index (κ2) is 14.1. The Morgan fingerprint density at radius 2 is 1.53 bits per heavy atom. The highest BCUT2D eigenvalue weighted by Gasteiger charge is 2.25. The topological polar surface area (TPSA) is 16.4 Å². The van der Waals surface area contributed by atoms with Crippen molar-refractivity contribution in [2.45, 2.75) is 32.6 Å². The summed E-state index contributed by atoms with van der Waals surface area (Å²) in [7, 11) is 0. The molecular weight excluding hydrogens is 667 g/mol. The molecule has 1 aromatic heterocycles. The SMILES string of the molecule is CC1C=CC=C(C2C=CC(N(c3ccc(C4=CC=CCC4)cc3)c3cc(-c4ccccc4)ccc3-c3cccc4oc5c6ccccc6ccc5c34)=CC2)C1. The summed E-state index contributed by atoms with van der Waals surface area (Å²) in [6, 6.07) is 46.5. The Hall–Kier alpha value is -6.38. The summed E-state index contributed by atoms with van der Waals surface area (Å²) in [6.07, 6.45) is 25.1. The fourth-order valence-corrected chi connectivity index (χ4v) is 8.83. The molecule has 0 radical (unpaired) electrons. The highest BCUT2D eigenvalue weighted by Crippen LogP contribution is 2.47. The Kier molecular flexibility index (Phi) is 8.52. The molecular formula is C53H43NO. The minimum atomic E-state index is 0.405. The van der Waals surface area contributed by atoms with Crippen molar-refractivity contribution < 1.29 is 4.42 Å². The Bertz CT molecular complexity index is 2770. The summed E-state index contributed by atoms with van der Waals surface area (Å²) in [4.78, 5) is 2.49. The van der Waals surface area contributed by atoms with Gasteiger partial charge in [0, 0.05) is 39.0 Å². The first-order valence-electron chi connectivity index (χ1n) is 19.7. The molecule has 0 amide bonds. The predicted molar refractivity (Wildman–Crippen MR) is 233 cm³/mol. The first-order chi connectivity index (χ1) is 27.2. The van der Waals surface area contributed by atoms with E-state index in [0.29, 0.717) is 11.8 Å². The molecule has 0 fully saturated rings. The van der Waals surface area contributed by atoms with E-state index in [9.17, 15) is 0 Å². The van der Waals surface area contributed by atoms with Crippen LogP contribution in [0.1, 0.15) is 38.2 Å². The van der Waals surface area contributed by atoms with E-state index in [1.54, 1.807) is 0 Å². The van der Waals surface area contributed by atoms with Gasteiger partial charge in [-0.3, -0.25) is 0 Å². The van der Waals surface area contributed by atoms with E-state index in [4.69, 9.17) is 4.42 Å². The van der Waals surface area contributed by atoms with Crippen molar-refractivity contribution in [2.75, 3.05) is 4.90 Å². The summed E-state index contributed by atoms with van der Waals surface area (Å²) in [5, 5.41) is 4.60. The van der Waals surface area contributed by atoms with Gasteiger partial charge in [-0.15, -0.1) is 0 Å². The molecule has 266 valence electrons. The maximum Gasteiger partial charge on any atom is 0.143 e. The zero-order valence-electron chi connectivity index (χ0n) is 31.2. The molecule has 6 aromatic carbocycles. The van der Waals surface area contributed by atoms with E-state index >= 15 is 0 Å². The Labute approximate surface area is 323 Å². The molecule has 0 spiro atoms. The largest absolute Gasteiger partial charge is 0.455 e. The lowest BCUT2D eigenvalue weighted by Crippen LogP contribution is -2.19. The molecule has 2 atom stereocenters. The number of furan rings is 1. The second-order valence-electron chi connectivity index (χ2n) is 15.2. The quantitative estimate of drug-likeness (QED) is 0.164. The molecule has 0 bridgehead atoms. The Morgan fingerprint density at radius 3 is 2.35 bits per heavy atom. The molecule has 0 saturated carbocycles. The molecule has 2 unspecified atom stereocenters. The number of rotatable bonds is 7. The summed E-state index contributed by atoms with van der Waals surface area (Å²) in [5.41, 5.74) is 14.2. The highest BCUT2D eigenvalue weighted by atomic mass is 16.3. The van der Waals surface area contributed by atoms with Crippen LogP contribution in [0, 0.1) is 11.8 Å². The lowest BCUT2D eigenvalue weighted by molar-refractivity contribution is 0.624. The van der Waals surface area contributed by atoms with Crippen LogP contribution in [-0.4, -0.2) is 0 Å². The van der Waals surface area contributed by atoms with Crippen LogP contribution in [0.15, 0.2) is 198 Å². The van der Waals surface area contributed by atoms with Gasteiger partial charge in [-0.1, -0.05) is 158 Å². The van der Waals surface area contributed by atoms with Crippen LogP contribution in [0.2, 0.25) is 0 Å². The molecule has 2 nitrogen and oxygen atoms in total. The molecule has 0 N–H and O–H groups in total. The van der Waals surface area contributed by atoms with Crippen LogP contribution < -0.4 is 4.90 Å². The van der Waals surface area contributed by atoms with Crippen molar-refractivity contribution in [3.8, 4) is 22.3 Å². The fourth-order valence-electron chi connectivity index (χ4n) is 8.83. The van der Waals surface area contributed by atoms with Gasteiger partial charge in [-0.25, -0.2) is 0 Å². The number of hydrogen-bond donors (Lipinski definition) is 0. The maximum absolute atomic E-state index is 6.71. The van der Waals surface area contributed by atoms with Crippen LogP contribution in [0.4, 0.5) is 11.4 Å². The van der Waals surface area contributed by atoms with Gasteiger partial charge in [0.15, 0.2) is 0 Å². The van der Waals surface area contributed by atoms with Gasteiger partial charge in [-0.05, 0) is 101 Å². The number of benzene rings is 6. The third-order valence-electron chi connectivity index (χ3n) is 11.7. The van der Waals surface area contributed by atoms with E-state index < -0.39 is 0 Å². The summed E-state index contributed by atoms with van der Waals surface area (Å²) in [6.45, 7) is 2.32. The van der Waals surface area contributed by atoms with Crippen LogP contribution in [0.5, 0.6) is 0 Å². The zero-order chi connectivity index (χ0) is 36.7. The normalized spacial score (nSPS) is 18.1. The molecule has 1 heterocycles. The second-order valence-corrected chi connectivity index (χ2v) is 15.2. The molecule has 0 aliphatic heterocycles. The van der Waals surface area contributed by atoms with Crippen molar-refractivity contribution in [3.05, 3.63) is 199 Å². The number of anilines is 2. The van der Waals surface area contributed by atoms with E-state index in [0.717, 1.165) is 75.5 Å². The first kappa shape index (κ1) is 33.2. The van der Waals surface area contributed by atoms with E-state index in [-0.39, 0.29) is 0 Å². The van der Waals surface area contributed by atoms with Gasteiger partial charge in [0.1, 0.15) is 11.2 Å². The standard InChI is InChI=1S/C53H43NO/c1-36-12-10-18-42(34-36)40-24-30-45(31-25-40)54(44-28-22-39(23-29-44)37-13-4-2-5-14-37)50-35-43(38-15-6-3-7-16-38)27-32-47(50)48-20-11-21-51-52(48)49-33-26-41-17-8-9-19-46(41)53(49)55-51/h2-4,6-13,15-24,26-33,35-36,40H,5,14,25,34H2,1H3. The van der Waals surface area contributed by atoms with Gasteiger partial charge < -0.3 is 9.32 Å². The van der Waals surface area contributed by atoms with Crippen molar-refractivity contribution in [3.63, 3.8) is 0 Å². The van der Waals surface area contributed by atoms with Crippen LogP contribution in [0.25, 0.3) is 60.5 Å². The average Bonchev–Trinajstić information content (AvgIpc) is 3.65. The Morgan fingerprint density at radius 1 is 0.673 bits per heavy atom. The smallest absolute Gasteiger partial charge is 0.143 e. The first-order valence-corrected chi connectivity index (χ1v) is 19.7. The van der Waals surface area contributed by atoms with Gasteiger partial charge >= 0.3 is 0 Å². The highest BCUT2D eigenvalue weighted by molar-refractivity contribution is 6.19. The van der Waals surface area contributed by atoms with Gasteiger partial charge in [0.05, 0.1) is 5.69 Å². The van der Waals surface area contributed by atoms with Crippen LogP contribution in [-0.2, 0) is 0 Å². The lowest BCUT2D eigenvalue weighted by atomic mass is 9.83. The predicted octanol–water partition coefficient (Wildman–Crippen LogP) is 14.9. The van der Waals surface area contributed by atoms with Crippen molar-refractivity contribution in [1.29, 1.82) is 0 Å². The van der Waals surface area contributed by atoms with Crippen LogP contribution in [0.3, 0.4) is 0 Å². The number of hydrogen-bond acceptors (Lipinski definition) is 2. The molecule has 7 aromatic rings. The molecule has 55 heavy (non-hydrogen) atoms. The summed E-state index contributed by atoms with van der Waals surface area (Å²) in [5.74, 6) is 0.981. The molecule has 3 aliphatic carbocycles. The van der Waals surface area contributed by atoms with E-state index in [2.05, 4.69) is 194 Å². The van der Waals surface area contributed by atoms with Crippen molar-refractivity contribution in [1.82, 2.24) is 0 Å². The fraction of sp³-hybridized carbons (Fsp3) is 0.132. The van der Waals surface area contributed by atoms with Gasteiger partial charge in [0.25, 0.3) is 0 Å². The van der Waals surface area contributed by atoms with Crippen molar-refractivity contribution >= 4 is 49.7 Å². The molecule has 3 aliphatic rings. The third kappa shape index (κ3) is 6.18. The monoisotopic (exact) mass is 709 g/mol. The average molecular weight is 710 g/mol. The lowest BCUT2D eigenvalue weighted by Gasteiger charge is -2.32. The number of fused-ring (bicyclic) bond motifs is 5. The number of allylic oxidation sites excluding steroid dienone is 11. The molecule has 2 heteroatoms. The molecule has 0 saturated heterocycles. The van der Waals surface area contributed by atoms with Gasteiger partial charge in [-0.2, -0.15) is 0 Å². The minimum absolute atomic E-state index is 0.405. The van der Waals surface area contributed by atoms with E-state index in [1.165, 1.54) is 38.9 Å². The third-order valence-corrected chi connectivity index (χ3v) is 11.7. The van der Waals surface area contributed by atoms with Crippen molar-refractivity contribution in [2.24, 2.45) is 11.8 Å². The maximum atomic E-state index is 6.71. The minimum Gasteiger partial charge on any atom is -0.455 e.